The van der Waals surface area contributed by atoms with E-state index in [2.05, 4.69) is 15.2 Å². The molecular weight excluding hydrogens is 372 g/mol. The lowest BCUT2D eigenvalue weighted by atomic mass is 10.3. The van der Waals surface area contributed by atoms with Crippen molar-refractivity contribution < 1.29 is 9.72 Å². The lowest BCUT2D eigenvalue weighted by Gasteiger charge is -2.34. The number of urea groups is 1. The molecule has 1 aromatic heterocycles. The molecule has 0 aliphatic carbocycles. The van der Waals surface area contributed by atoms with E-state index in [1.807, 2.05) is 46.8 Å². The van der Waals surface area contributed by atoms with Crippen LogP contribution in [0.4, 0.5) is 16.2 Å². The van der Waals surface area contributed by atoms with E-state index in [4.69, 9.17) is 0 Å². The van der Waals surface area contributed by atoms with Gasteiger partial charge in [0.2, 0.25) is 0 Å². The van der Waals surface area contributed by atoms with Crippen LogP contribution in [-0.2, 0) is 13.6 Å². The number of benzene rings is 2. The Labute approximate surface area is 167 Å². The van der Waals surface area contributed by atoms with Gasteiger partial charge in [-0.05, 0) is 18.2 Å². The Hall–Kier alpha value is -3.46. The molecule has 29 heavy (non-hydrogen) atoms. The summed E-state index contributed by atoms with van der Waals surface area (Å²) in [4.78, 5) is 31.6. The molecule has 1 aliphatic rings. The highest BCUT2D eigenvalue weighted by Gasteiger charge is 2.23. The lowest BCUT2D eigenvalue weighted by Crippen LogP contribution is -2.49. The average Bonchev–Trinajstić information content (AvgIpc) is 3.04. The minimum Gasteiger partial charge on any atom is -0.330 e. The average molecular weight is 394 g/mol. The summed E-state index contributed by atoms with van der Waals surface area (Å²) in [5, 5.41) is 13.9. The molecule has 1 aliphatic heterocycles. The van der Waals surface area contributed by atoms with E-state index in [0.717, 1.165) is 30.1 Å². The first-order valence-corrected chi connectivity index (χ1v) is 9.44. The van der Waals surface area contributed by atoms with Crippen molar-refractivity contribution in [2.75, 3.05) is 31.5 Å². The first-order chi connectivity index (χ1) is 14.0. The van der Waals surface area contributed by atoms with Gasteiger partial charge in [-0.3, -0.25) is 15.0 Å². The summed E-state index contributed by atoms with van der Waals surface area (Å²) in [6, 6.07) is 14.1. The maximum absolute atomic E-state index is 12.4. The van der Waals surface area contributed by atoms with Gasteiger partial charge in [-0.1, -0.05) is 18.2 Å². The smallest absolute Gasteiger partial charge is 0.321 e. The minimum absolute atomic E-state index is 0.0418. The van der Waals surface area contributed by atoms with Crippen LogP contribution in [0.2, 0.25) is 0 Å². The first-order valence-electron chi connectivity index (χ1n) is 9.44. The summed E-state index contributed by atoms with van der Waals surface area (Å²) in [6.07, 6.45) is 0. The largest absolute Gasteiger partial charge is 0.330 e. The fourth-order valence-electron chi connectivity index (χ4n) is 3.53. The van der Waals surface area contributed by atoms with E-state index in [0.29, 0.717) is 25.2 Å². The zero-order valence-corrected chi connectivity index (χ0v) is 16.1. The molecule has 1 N–H and O–H groups in total. The molecule has 2 heterocycles. The van der Waals surface area contributed by atoms with E-state index < -0.39 is 4.92 Å². The molecule has 0 bridgehead atoms. The fourth-order valence-corrected chi connectivity index (χ4v) is 3.53. The normalized spacial score (nSPS) is 14.9. The number of aryl methyl sites for hydroxylation is 1. The molecule has 1 fully saturated rings. The number of anilines is 1. The summed E-state index contributed by atoms with van der Waals surface area (Å²) >= 11 is 0. The van der Waals surface area contributed by atoms with Crippen LogP contribution >= 0.6 is 0 Å². The molecular formula is C20H22N6O3. The molecule has 2 aromatic carbocycles. The number of hydrogen-bond donors (Lipinski definition) is 1. The van der Waals surface area contributed by atoms with Crippen LogP contribution in [0, 0.1) is 10.1 Å². The number of para-hydroxylation sites is 1. The number of nitrogens with one attached hydrogen (secondary N) is 1. The van der Waals surface area contributed by atoms with Crippen molar-refractivity contribution in [2.24, 2.45) is 7.05 Å². The first kappa shape index (κ1) is 18.9. The zero-order chi connectivity index (χ0) is 20.4. The van der Waals surface area contributed by atoms with Crippen molar-refractivity contribution in [1.82, 2.24) is 19.4 Å². The second-order valence-corrected chi connectivity index (χ2v) is 7.08. The number of non-ortho nitro benzene ring substituents is 1. The van der Waals surface area contributed by atoms with Crippen molar-refractivity contribution in [2.45, 2.75) is 6.54 Å². The number of nitro benzene ring substituents is 1. The number of rotatable bonds is 4. The highest BCUT2D eigenvalue weighted by Crippen LogP contribution is 2.22. The third kappa shape index (κ3) is 4.04. The van der Waals surface area contributed by atoms with Gasteiger partial charge in [-0.2, -0.15) is 0 Å². The molecule has 1 saturated heterocycles. The second-order valence-electron chi connectivity index (χ2n) is 7.08. The number of fused-ring (bicyclic) bond motifs is 1. The van der Waals surface area contributed by atoms with E-state index in [-0.39, 0.29) is 11.7 Å². The molecule has 9 nitrogen and oxygen atoms in total. The molecule has 0 saturated carbocycles. The zero-order valence-electron chi connectivity index (χ0n) is 16.1. The van der Waals surface area contributed by atoms with Crippen molar-refractivity contribution in [3.8, 4) is 0 Å². The maximum Gasteiger partial charge on any atom is 0.321 e. The molecule has 0 spiro atoms. The Balaban J connectivity index is 1.37. The molecule has 2 amide bonds. The molecule has 0 radical (unpaired) electrons. The van der Waals surface area contributed by atoms with Gasteiger partial charge in [0.05, 0.1) is 22.5 Å². The van der Waals surface area contributed by atoms with E-state index in [1.165, 1.54) is 12.1 Å². The number of nitro groups is 1. The van der Waals surface area contributed by atoms with Crippen LogP contribution in [0.5, 0.6) is 0 Å². The van der Waals surface area contributed by atoms with Crippen LogP contribution in [0.3, 0.4) is 0 Å². The van der Waals surface area contributed by atoms with Crippen molar-refractivity contribution in [1.29, 1.82) is 0 Å². The topological polar surface area (TPSA) is 96.5 Å². The summed E-state index contributed by atoms with van der Waals surface area (Å²) in [5.74, 6) is 0.850. The van der Waals surface area contributed by atoms with Gasteiger partial charge in [-0.25, -0.2) is 9.78 Å². The Kier molecular flexibility index (Phi) is 5.13. The third-order valence-corrected chi connectivity index (χ3v) is 5.22. The quantitative estimate of drug-likeness (QED) is 0.542. The summed E-state index contributed by atoms with van der Waals surface area (Å²) in [5.41, 5.74) is 2.32. The number of carbonyl (C=O) groups excluding carboxylic acids is 1. The Morgan fingerprint density at radius 1 is 1.14 bits per heavy atom. The van der Waals surface area contributed by atoms with Gasteiger partial charge in [0, 0.05) is 51.0 Å². The van der Waals surface area contributed by atoms with Crippen LogP contribution in [0.25, 0.3) is 11.0 Å². The molecule has 9 heteroatoms. The molecule has 3 aromatic rings. The number of nitrogens with zero attached hydrogens (tertiary/aromatic N) is 5. The standard InChI is InChI=1S/C20H22N6O3/c1-23-18-8-7-16(26(28)29)13-17(18)22-19(23)14-24-9-11-25(12-10-24)20(27)21-15-5-3-2-4-6-15/h2-8,13H,9-12,14H2,1H3,(H,21,27). The van der Waals surface area contributed by atoms with Crippen molar-refractivity contribution in [3.05, 3.63) is 64.5 Å². The second kappa shape index (κ2) is 7.88. The van der Waals surface area contributed by atoms with E-state index in [9.17, 15) is 14.9 Å². The van der Waals surface area contributed by atoms with Gasteiger partial charge in [0.1, 0.15) is 5.82 Å². The Morgan fingerprint density at radius 3 is 2.55 bits per heavy atom. The number of carbonyl (C=O) groups is 1. The van der Waals surface area contributed by atoms with Crippen molar-refractivity contribution in [3.63, 3.8) is 0 Å². The van der Waals surface area contributed by atoms with Gasteiger partial charge >= 0.3 is 6.03 Å². The Bertz CT molecular complexity index is 1040. The Morgan fingerprint density at radius 2 is 1.86 bits per heavy atom. The van der Waals surface area contributed by atoms with Gasteiger partial charge in [0.15, 0.2) is 0 Å². The molecule has 150 valence electrons. The highest BCUT2D eigenvalue weighted by molar-refractivity contribution is 5.89. The number of piperazine rings is 1. The number of imidazole rings is 1. The SMILES string of the molecule is Cn1c(CN2CCN(C(=O)Nc3ccccc3)CC2)nc2cc([N+](=O)[O-])ccc21. The summed E-state index contributed by atoms with van der Waals surface area (Å²) in [7, 11) is 1.92. The summed E-state index contributed by atoms with van der Waals surface area (Å²) in [6.45, 7) is 3.38. The van der Waals surface area contributed by atoms with Crippen LogP contribution in [0.1, 0.15) is 5.82 Å². The maximum atomic E-state index is 12.4. The monoisotopic (exact) mass is 394 g/mol. The fraction of sp³-hybridized carbons (Fsp3) is 0.300. The number of hydrogen-bond acceptors (Lipinski definition) is 5. The summed E-state index contributed by atoms with van der Waals surface area (Å²) < 4.78 is 1.97. The molecule has 4 rings (SSSR count). The van der Waals surface area contributed by atoms with E-state index in [1.54, 1.807) is 6.07 Å². The number of amides is 2. The van der Waals surface area contributed by atoms with Gasteiger partial charge in [0.25, 0.3) is 5.69 Å². The highest BCUT2D eigenvalue weighted by atomic mass is 16.6. The lowest BCUT2D eigenvalue weighted by molar-refractivity contribution is -0.384. The van der Waals surface area contributed by atoms with Crippen LogP contribution < -0.4 is 5.32 Å². The van der Waals surface area contributed by atoms with Gasteiger partial charge in [-0.15, -0.1) is 0 Å². The van der Waals surface area contributed by atoms with Crippen molar-refractivity contribution >= 4 is 28.4 Å². The molecule has 0 atom stereocenters. The number of aromatic nitrogens is 2. The predicted octanol–water partition coefficient (Wildman–Crippen LogP) is 2.83. The van der Waals surface area contributed by atoms with Crippen LogP contribution in [0.15, 0.2) is 48.5 Å². The van der Waals surface area contributed by atoms with Gasteiger partial charge < -0.3 is 14.8 Å². The predicted molar refractivity (Wildman–Crippen MR) is 110 cm³/mol. The minimum atomic E-state index is -0.409. The van der Waals surface area contributed by atoms with Crippen LogP contribution in [-0.4, -0.2) is 56.5 Å². The molecule has 0 unspecified atom stereocenters. The third-order valence-electron chi connectivity index (χ3n) is 5.22. The van der Waals surface area contributed by atoms with E-state index >= 15 is 0 Å².